The third-order valence-electron chi connectivity index (χ3n) is 2.99. The Bertz CT molecular complexity index is 320. The fourth-order valence-corrected chi connectivity index (χ4v) is 2.05. The monoisotopic (exact) mass is 271 g/mol. The van der Waals surface area contributed by atoms with Gasteiger partial charge in [-0.1, -0.05) is 0 Å². The van der Waals surface area contributed by atoms with E-state index in [1.807, 2.05) is 20.8 Å². The van der Waals surface area contributed by atoms with Crippen LogP contribution in [0.2, 0.25) is 0 Å². The molecule has 2 amide bonds. The molecule has 0 bridgehead atoms. The van der Waals surface area contributed by atoms with Gasteiger partial charge in [0.05, 0.1) is 12.1 Å². The van der Waals surface area contributed by atoms with E-state index in [-0.39, 0.29) is 30.7 Å². The van der Waals surface area contributed by atoms with E-state index in [0.717, 1.165) is 19.4 Å². The first kappa shape index (κ1) is 15.9. The van der Waals surface area contributed by atoms with E-state index in [0.29, 0.717) is 6.54 Å². The molecule has 0 aromatic heterocycles. The first-order valence-electron chi connectivity index (χ1n) is 6.72. The summed E-state index contributed by atoms with van der Waals surface area (Å²) in [5, 5.41) is 3.23. The molecule has 19 heavy (non-hydrogen) atoms. The minimum absolute atomic E-state index is 0.0206. The number of carbonyl (C=O) groups excluding carboxylic acids is 2. The van der Waals surface area contributed by atoms with Crippen LogP contribution >= 0.6 is 0 Å². The minimum Gasteiger partial charge on any atom is -0.368 e. The third kappa shape index (κ3) is 6.02. The van der Waals surface area contributed by atoms with Gasteiger partial charge in [-0.3, -0.25) is 9.59 Å². The fourth-order valence-electron chi connectivity index (χ4n) is 2.05. The summed E-state index contributed by atoms with van der Waals surface area (Å²) in [7, 11) is 0. The van der Waals surface area contributed by atoms with E-state index >= 15 is 0 Å². The molecule has 0 saturated carbocycles. The molecule has 6 nitrogen and oxygen atoms in total. The molecule has 1 aliphatic heterocycles. The Labute approximate surface area is 114 Å². The van der Waals surface area contributed by atoms with Crippen LogP contribution in [0, 0.1) is 0 Å². The summed E-state index contributed by atoms with van der Waals surface area (Å²) >= 11 is 0. The molecule has 1 unspecified atom stereocenters. The van der Waals surface area contributed by atoms with Crippen molar-refractivity contribution in [2.24, 2.45) is 5.73 Å². The molecule has 1 rings (SSSR count). The highest BCUT2D eigenvalue weighted by Gasteiger charge is 2.27. The van der Waals surface area contributed by atoms with E-state index in [1.54, 1.807) is 4.90 Å². The molecule has 1 heterocycles. The SMILES string of the molecule is CC(C)(C)OCC(=O)N(CC(N)=O)C1CCCNC1. The molecule has 110 valence electrons. The average Bonchev–Trinajstić information content (AvgIpc) is 2.33. The van der Waals surface area contributed by atoms with Gasteiger partial charge in [-0.15, -0.1) is 0 Å². The molecule has 1 aliphatic rings. The van der Waals surface area contributed by atoms with Crippen molar-refractivity contribution in [1.29, 1.82) is 0 Å². The van der Waals surface area contributed by atoms with Gasteiger partial charge in [0.2, 0.25) is 11.8 Å². The predicted molar refractivity (Wildman–Crippen MR) is 72.5 cm³/mol. The maximum absolute atomic E-state index is 12.2. The zero-order chi connectivity index (χ0) is 14.5. The van der Waals surface area contributed by atoms with Gasteiger partial charge in [0.25, 0.3) is 0 Å². The van der Waals surface area contributed by atoms with E-state index < -0.39 is 5.91 Å². The maximum atomic E-state index is 12.2. The Morgan fingerprint density at radius 1 is 1.42 bits per heavy atom. The Morgan fingerprint density at radius 2 is 2.11 bits per heavy atom. The van der Waals surface area contributed by atoms with Crippen LogP contribution in [0.3, 0.4) is 0 Å². The van der Waals surface area contributed by atoms with Crippen molar-refractivity contribution in [3.63, 3.8) is 0 Å². The van der Waals surface area contributed by atoms with Gasteiger partial charge >= 0.3 is 0 Å². The normalized spacial score (nSPS) is 20.1. The first-order chi connectivity index (χ1) is 8.79. The highest BCUT2D eigenvalue weighted by molar-refractivity contribution is 5.84. The van der Waals surface area contributed by atoms with Crippen LogP contribution in [0.4, 0.5) is 0 Å². The number of hydrogen-bond acceptors (Lipinski definition) is 4. The number of carbonyl (C=O) groups is 2. The zero-order valence-corrected chi connectivity index (χ0v) is 12.1. The van der Waals surface area contributed by atoms with Gasteiger partial charge in [-0.2, -0.15) is 0 Å². The lowest BCUT2D eigenvalue weighted by Gasteiger charge is -2.34. The van der Waals surface area contributed by atoms with Gasteiger partial charge in [-0.05, 0) is 40.2 Å². The number of hydrogen-bond donors (Lipinski definition) is 2. The molecule has 1 atom stereocenters. The fraction of sp³-hybridized carbons (Fsp3) is 0.846. The van der Waals surface area contributed by atoms with Crippen molar-refractivity contribution in [3.8, 4) is 0 Å². The molecular formula is C13H25N3O3. The minimum atomic E-state index is -0.491. The number of primary amides is 1. The Balaban J connectivity index is 2.61. The van der Waals surface area contributed by atoms with E-state index in [2.05, 4.69) is 5.32 Å². The summed E-state index contributed by atoms with van der Waals surface area (Å²) in [5.41, 5.74) is 4.85. The quantitative estimate of drug-likeness (QED) is 0.729. The van der Waals surface area contributed by atoms with Gasteiger partial charge in [-0.25, -0.2) is 0 Å². The molecule has 0 aromatic rings. The number of piperidine rings is 1. The Hall–Kier alpha value is -1.14. The van der Waals surface area contributed by atoms with Crippen LogP contribution in [-0.4, -0.2) is 54.6 Å². The van der Waals surface area contributed by atoms with Crippen molar-refractivity contribution >= 4 is 11.8 Å². The van der Waals surface area contributed by atoms with Crippen molar-refractivity contribution < 1.29 is 14.3 Å². The summed E-state index contributed by atoms with van der Waals surface area (Å²) < 4.78 is 5.48. The smallest absolute Gasteiger partial charge is 0.249 e. The number of nitrogens with zero attached hydrogens (tertiary/aromatic N) is 1. The van der Waals surface area contributed by atoms with Crippen molar-refractivity contribution in [2.45, 2.75) is 45.3 Å². The summed E-state index contributed by atoms with van der Waals surface area (Å²) in [6.45, 7) is 7.26. The lowest BCUT2D eigenvalue weighted by molar-refractivity contribution is -0.146. The number of amides is 2. The molecule has 1 saturated heterocycles. The summed E-state index contributed by atoms with van der Waals surface area (Å²) in [6, 6.07) is 0.0253. The Kier molecular flexibility index (Phi) is 5.75. The van der Waals surface area contributed by atoms with E-state index in [1.165, 1.54) is 0 Å². The van der Waals surface area contributed by atoms with Gasteiger partial charge in [0.1, 0.15) is 6.61 Å². The molecule has 0 aliphatic carbocycles. The predicted octanol–water partition coefficient (Wildman–Crippen LogP) is -0.133. The molecule has 0 radical (unpaired) electrons. The lowest BCUT2D eigenvalue weighted by Crippen LogP contribution is -2.52. The van der Waals surface area contributed by atoms with Gasteiger partial charge < -0.3 is 20.7 Å². The average molecular weight is 271 g/mol. The van der Waals surface area contributed by atoms with Crippen LogP contribution in [0.15, 0.2) is 0 Å². The summed E-state index contributed by atoms with van der Waals surface area (Å²) in [5.74, 6) is -0.669. The number of nitrogens with one attached hydrogen (secondary N) is 1. The zero-order valence-electron chi connectivity index (χ0n) is 12.1. The Morgan fingerprint density at radius 3 is 2.58 bits per heavy atom. The second-order valence-electron chi connectivity index (χ2n) is 5.89. The lowest BCUT2D eigenvalue weighted by atomic mass is 10.1. The van der Waals surface area contributed by atoms with Gasteiger partial charge in [0, 0.05) is 12.6 Å². The second-order valence-corrected chi connectivity index (χ2v) is 5.89. The van der Waals surface area contributed by atoms with Crippen LogP contribution in [-0.2, 0) is 14.3 Å². The number of rotatable bonds is 5. The second kappa shape index (κ2) is 6.86. The molecule has 6 heteroatoms. The highest BCUT2D eigenvalue weighted by atomic mass is 16.5. The molecule has 3 N–H and O–H groups in total. The molecular weight excluding hydrogens is 246 g/mol. The van der Waals surface area contributed by atoms with Crippen LogP contribution in [0.25, 0.3) is 0 Å². The molecule has 0 aromatic carbocycles. The number of nitrogens with two attached hydrogens (primary N) is 1. The third-order valence-corrected chi connectivity index (χ3v) is 2.99. The van der Waals surface area contributed by atoms with Crippen molar-refractivity contribution in [2.75, 3.05) is 26.2 Å². The van der Waals surface area contributed by atoms with E-state index in [4.69, 9.17) is 10.5 Å². The standard InChI is InChI=1S/C13H25N3O3/c1-13(2,3)19-9-12(18)16(8-11(14)17)10-5-4-6-15-7-10/h10,15H,4-9H2,1-3H3,(H2,14,17). The van der Waals surface area contributed by atoms with Crippen molar-refractivity contribution in [1.82, 2.24) is 10.2 Å². The van der Waals surface area contributed by atoms with Crippen LogP contribution < -0.4 is 11.1 Å². The van der Waals surface area contributed by atoms with E-state index in [9.17, 15) is 9.59 Å². The van der Waals surface area contributed by atoms with Crippen LogP contribution in [0.5, 0.6) is 0 Å². The molecule has 1 fully saturated rings. The topological polar surface area (TPSA) is 84.7 Å². The first-order valence-corrected chi connectivity index (χ1v) is 6.72. The largest absolute Gasteiger partial charge is 0.368 e. The van der Waals surface area contributed by atoms with Crippen LogP contribution in [0.1, 0.15) is 33.6 Å². The maximum Gasteiger partial charge on any atom is 0.249 e. The summed E-state index contributed by atoms with van der Waals surface area (Å²) in [6.07, 6.45) is 1.88. The highest BCUT2D eigenvalue weighted by Crippen LogP contribution is 2.12. The summed E-state index contributed by atoms with van der Waals surface area (Å²) in [4.78, 5) is 24.9. The molecule has 0 spiro atoms. The van der Waals surface area contributed by atoms with Gasteiger partial charge in [0.15, 0.2) is 0 Å². The van der Waals surface area contributed by atoms with Crippen molar-refractivity contribution in [3.05, 3.63) is 0 Å². The number of ether oxygens (including phenoxy) is 1.